The number of aliphatic hydroxyl groups excluding tert-OH is 1. The highest BCUT2D eigenvalue weighted by Crippen LogP contribution is 2.37. The predicted octanol–water partition coefficient (Wildman–Crippen LogP) is 2.28. The molecule has 1 spiro atoms. The van der Waals surface area contributed by atoms with Crippen molar-refractivity contribution in [2.75, 3.05) is 13.2 Å². The molecule has 2 aliphatic heterocycles. The first-order chi connectivity index (χ1) is 10.7. The summed E-state index contributed by atoms with van der Waals surface area (Å²) < 4.78 is 17.1. The summed E-state index contributed by atoms with van der Waals surface area (Å²) in [6.07, 6.45) is 3.00. The van der Waals surface area contributed by atoms with Gasteiger partial charge in [0.05, 0.1) is 24.4 Å². The van der Waals surface area contributed by atoms with E-state index < -0.39 is 11.9 Å². The third-order valence-electron chi connectivity index (χ3n) is 4.19. The summed E-state index contributed by atoms with van der Waals surface area (Å²) >= 11 is 0. The van der Waals surface area contributed by atoms with Crippen LogP contribution in [0, 0.1) is 0 Å². The second-order valence-corrected chi connectivity index (χ2v) is 6.01. The Hall–Kier alpha value is -1.43. The van der Waals surface area contributed by atoms with Gasteiger partial charge in [0.2, 0.25) is 0 Å². The van der Waals surface area contributed by atoms with Gasteiger partial charge in [-0.3, -0.25) is 0 Å². The molecule has 22 heavy (non-hydrogen) atoms. The fraction of sp³-hybridized carbons (Fsp3) is 0.588. The number of aliphatic hydroxyl groups is 1. The van der Waals surface area contributed by atoms with Crippen molar-refractivity contribution >= 4 is 5.97 Å². The van der Waals surface area contributed by atoms with Crippen molar-refractivity contribution in [2.45, 2.75) is 50.1 Å². The number of carbonyl (C=O) groups excluding carboxylic acids is 1. The van der Waals surface area contributed by atoms with Gasteiger partial charge in [-0.25, -0.2) is 4.79 Å². The third-order valence-corrected chi connectivity index (χ3v) is 4.19. The lowest BCUT2D eigenvalue weighted by molar-refractivity contribution is -0.312. The van der Waals surface area contributed by atoms with Crippen LogP contribution in [0.5, 0.6) is 0 Å². The molecule has 1 aromatic carbocycles. The van der Waals surface area contributed by atoms with E-state index >= 15 is 0 Å². The van der Waals surface area contributed by atoms with Crippen LogP contribution < -0.4 is 0 Å². The second kappa shape index (κ2) is 6.77. The minimum Gasteiger partial charge on any atom is -0.459 e. The van der Waals surface area contributed by atoms with Crippen LogP contribution in [0.25, 0.3) is 0 Å². The molecule has 1 aromatic rings. The van der Waals surface area contributed by atoms with E-state index in [9.17, 15) is 9.90 Å². The van der Waals surface area contributed by atoms with Gasteiger partial charge in [0.1, 0.15) is 6.61 Å². The number of rotatable bonds is 3. The van der Waals surface area contributed by atoms with Crippen molar-refractivity contribution in [3.05, 3.63) is 35.9 Å². The van der Waals surface area contributed by atoms with E-state index in [0.717, 1.165) is 19.3 Å². The molecule has 2 heterocycles. The molecule has 0 saturated carbocycles. The van der Waals surface area contributed by atoms with Crippen LogP contribution in [0.2, 0.25) is 0 Å². The molecule has 0 aromatic heterocycles. The molecule has 3 rings (SSSR count). The molecule has 0 aliphatic carbocycles. The molecule has 120 valence electrons. The normalized spacial score (nSPS) is 31.9. The van der Waals surface area contributed by atoms with Gasteiger partial charge in [0.15, 0.2) is 5.79 Å². The molecule has 2 aliphatic rings. The van der Waals surface area contributed by atoms with Crippen molar-refractivity contribution in [3.63, 3.8) is 0 Å². The Morgan fingerprint density at radius 2 is 2.14 bits per heavy atom. The lowest BCUT2D eigenvalue weighted by Gasteiger charge is -2.44. The zero-order valence-electron chi connectivity index (χ0n) is 12.6. The number of benzene rings is 1. The van der Waals surface area contributed by atoms with Crippen LogP contribution in [0.3, 0.4) is 0 Å². The fourth-order valence-corrected chi connectivity index (χ4v) is 3.15. The number of esters is 1. The van der Waals surface area contributed by atoms with Gasteiger partial charge in [0.25, 0.3) is 0 Å². The predicted molar refractivity (Wildman–Crippen MR) is 79.4 cm³/mol. The van der Waals surface area contributed by atoms with E-state index in [1.165, 1.54) is 0 Å². The number of hydrogen-bond donors (Lipinski definition) is 1. The van der Waals surface area contributed by atoms with E-state index in [-0.39, 0.29) is 18.7 Å². The van der Waals surface area contributed by atoms with Gasteiger partial charge in [-0.05, 0) is 25.0 Å². The minimum atomic E-state index is -0.695. The molecule has 0 unspecified atom stereocenters. The van der Waals surface area contributed by atoms with Crippen molar-refractivity contribution in [2.24, 2.45) is 0 Å². The molecular weight excluding hydrogens is 284 g/mol. The van der Waals surface area contributed by atoms with E-state index in [4.69, 9.17) is 14.2 Å². The molecule has 0 radical (unpaired) electrons. The Bertz CT molecular complexity index is 495. The maximum Gasteiger partial charge on any atom is 0.338 e. The highest BCUT2D eigenvalue weighted by atomic mass is 16.7. The molecule has 1 N–H and O–H groups in total. The van der Waals surface area contributed by atoms with Gasteiger partial charge in [-0.2, -0.15) is 0 Å². The minimum absolute atomic E-state index is 0.135. The van der Waals surface area contributed by atoms with Crippen molar-refractivity contribution < 1.29 is 24.1 Å². The first-order valence-corrected chi connectivity index (χ1v) is 7.89. The van der Waals surface area contributed by atoms with Gasteiger partial charge in [-0.15, -0.1) is 0 Å². The summed E-state index contributed by atoms with van der Waals surface area (Å²) in [7, 11) is 0. The molecule has 5 heteroatoms. The van der Waals surface area contributed by atoms with Crippen molar-refractivity contribution in [3.8, 4) is 0 Å². The Balaban J connectivity index is 1.56. The lowest BCUT2D eigenvalue weighted by Crippen LogP contribution is -2.51. The van der Waals surface area contributed by atoms with Crippen LogP contribution in [0.15, 0.2) is 30.3 Å². The highest BCUT2D eigenvalue weighted by Gasteiger charge is 2.43. The SMILES string of the molecule is O=C(OC[C@@H]1C[C@H](O)C[C@@]2(CCCCO2)O1)c1ccccc1. The molecule has 0 amide bonds. The summed E-state index contributed by atoms with van der Waals surface area (Å²) in [5, 5.41) is 10.1. The summed E-state index contributed by atoms with van der Waals surface area (Å²) in [5.74, 6) is -1.07. The van der Waals surface area contributed by atoms with E-state index in [0.29, 0.717) is 25.0 Å². The lowest BCUT2D eigenvalue weighted by atomic mass is 9.93. The fourth-order valence-electron chi connectivity index (χ4n) is 3.15. The van der Waals surface area contributed by atoms with Crippen molar-refractivity contribution in [1.82, 2.24) is 0 Å². The summed E-state index contributed by atoms with van der Waals surface area (Å²) in [5.41, 5.74) is 0.516. The smallest absolute Gasteiger partial charge is 0.338 e. The number of hydrogen-bond acceptors (Lipinski definition) is 5. The number of ether oxygens (including phenoxy) is 3. The highest BCUT2D eigenvalue weighted by molar-refractivity contribution is 5.89. The van der Waals surface area contributed by atoms with E-state index in [2.05, 4.69) is 0 Å². The Morgan fingerprint density at radius 3 is 2.86 bits per heavy atom. The average molecular weight is 306 g/mol. The summed E-state index contributed by atoms with van der Waals surface area (Å²) in [6.45, 7) is 0.791. The maximum atomic E-state index is 12.0. The first-order valence-electron chi connectivity index (χ1n) is 7.89. The van der Waals surface area contributed by atoms with Crippen LogP contribution >= 0.6 is 0 Å². The van der Waals surface area contributed by atoms with Crippen LogP contribution in [0.4, 0.5) is 0 Å². The zero-order valence-corrected chi connectivity index (χ0v) is 12.6. The summed E-state index contributed by atoms with van der Waals surface area (Å²) in [6, 6.07) is 8.86. The largest absolute Gasteiger partial charge is 0.459 e. The summed E-state index contributed by atoms with van der Waals surface area (Å²) in [4.78, 5) is 12.0. The van der Waals surface area contributed by atoms with Crippen molar-refractivity contribution in [1.29, 1.82) is 0 Å². The second-order valence-electron chi connectivity index (χ2n) is 6.01. The van der Waals surface area contributed by atoms with Gasteiger partial charge >= 0.3 is 5.97 Å². The van der Waals surface area contributed by atoms with Crippen LogP contribution in [-0.4, -0.2) is 42.3 Å². The maximum absolute atomic E-state index is 12.0. The molecule has 5 nitrogen and oxygen atoms in total. The third kappa shape index (κ3) is 3.66. The quantitative estimate of drug-likeness (QED) is 0.868. The van der Waals surface area contributed by atoms with Gasteiger partial charge in [0, 0.05) is 19.3 Å². The Labute approximate surface area is 130 Å². The molecule has 2 saturated heterocycles. The van der Waals surface area contributed by atoms with Gasteiger partial charge < -0.3 is 19.3 Å². The van der Waals surface area contributed by atoms with E-state index in [1.807, 2.05) is 6.07 Å². The monoisotopic (exact) mass is 306 g/mol. The number of carbonyl (C=O) groups is 1. The molecule has 2 fully saturated rings. The van der Waals surface area contributed by atoms with Crippen LogP contribution in [0.1, 0.15) is 42.5 Å². The topological polar surface area (TPSA) is 65.0 Å². The standard InChI is InChI=1S/C17H22O5/c18-14-10-15(22-17(11-14)8-4-5-9-21-17)12-20-16(19)13-6-2-1-3-7-13/h1-3,6-7,14-15,18H,4-5,8-12H2/t14-,15-,17+/m0/s1. The molecule has 0 bridgehead atoms. The zero-order chi connectivity index (χ0) is 15.4. The molecule has 3 atom stereocenters. The van der Waals surface area contributed by atoms with E-state index in [1.54, 1.807) is 24.3 Å². The average Bonchev–Trinajstić information content (AvgIpc) is 2.53. The van der Waals surface area contributed by atoms with Gasteiger partial charge in [-0.1, -0.05) is 18.2 Å². The first kappa shape index (κ1) is 15.5. The molecular formula is C17H22O5. The Kier molecular flexibility index (Phi) is 4.76. The Morgan fingerprint density at radius 1 is 1.32 bits per heavy atom. The van der Waals surface area contributed by atoms with Crippen LogP contribution in [-0.2, 0) is 14.2 Å².